The van der Waals surface area contributed by atoms with Crippen LogP contribution in [-0.4, -0.2) is 11.5 Å². The molecule has 2 rings (SSSR count). The number of hydrogen-bond acceptors (Lipinski definition) is 3. The molecule has 1 aliphatic rings. The minimum atomic E-state index is -0.452. The van der Waals surface area contributed by atoms with Crippen LogP contribution in [0.4, 0.5) is 11.4 Å². The monoisotopic (exact) mass is 288 g/mol. The quantitative estimate of drug-likeness (QED) is 0.647. The highest BCUT2D eigenvalue weighted by Gasteiger charge is 2.28. The van der Waals surface area contributed by atoms with Crippen molar-refractivity contribution in [2.45, 2.75) is 19.8 Å². The summed E-state index contributed by atoms with van der Waals surface area (Å²) in [6.07, 6.45) is 2.51. The highest BCUT2D eigenvalue weighted by atomic mass is 35.5. The number of nitrogens with zero attached hydrogens (tertiary/aromatic N) is 1. The molecule has 0 radical (unpaired) electrons. The Morgan fingerprint density at radius 1 is 1.44 bits per heavy atom. The fourth-order valence-corrected chi connectivity index (χ4v) is 2.25. The minimum Gasteiger partial charge on any atom is -0.379 e. The second-order valence-electron chi connectivity index (χ2n) is 4.74. The van der Waals surface area contributed by atoms with Crippen molar-refractivity contribution in [1.29, 1.82) is 0 Å². The molecule has 0 aliphatic heterocycles. The van der Waals surface area contributed by atoms with E-state index in [1.54, 1.807) is 0 Å². The van der Waals surface area contributed by atoms with Crippen LogP contribution in [0.25, 0.3) is 0 Å². The third-order valence-electron chi connectivity index (χ3n) is 3.28. The highest BCUT2D eigenvalue weighted by Crippen LogP contribution is 2.38. The van der Waals surface area contributed by atoms with E-state index in [4.69, 9.17) is 23.2 Å². The van der Waals surface area contributed by atoms with Gasteiger partial charge in [0.05, 0.1) is 15.0 Å². The number of nitro benzene ring substituents is 1. The number of nitro groups is 1. The summed E-state index contributed by atoms with van der Waals surface area (Å²) < 4.78 is 0. The fraction of sp³-hybridized carbons (Fsp3) is 0.500. The van der Waals surface area contributed by atoms with Crippen molar-refractivity contribution in [1.82, 2.24) is 0 Å². The SMILES string of the molecule is CC(CNc1cc(Cl)c(Cl)cc1[N+](=O)[O-])C1CC1. The third kappa shape index (κ3) is 3.06. The van der Waals surface area contributed by atoms with Crippen LogP contribution in [0.3, 0.4) is 0 Å². The Kier molecular flexibility index (Phi) is 3.97. The van der Waals surface area contributed by atoms with Crippen molar-refractivity contribution >= 4 is 34.6 Å². The van der Waals surface area contributed by atoms with Crippen LogP contribution in [0.1, 0.15) is 19.8 Å². The van der Waals surface area contributed by atoms with Gasteiger partial charge in [0.25, 0.3) is 5.69 Å². The van der Waals surface area contributed by atoms with Crippen LogP contribution in [0.2, 0.25) is 10.0 Å². The Labute approximate surface area is 115 Å². The van der Waals surface area contributed by atoms with Gasteiger partial charge in [0.15, 0.2) is 0 Å². The van der Waals surface area contributed by atoms with E-state index in [1.807, 2.05) is 0 Å². The van der Waals surface area contributed by atoms with Gasteiger partial charge in [-0.1, -0.05) is 30.1 Å². The van der Waals surface area contributed by atoms with E-state index in [0.29, 0.717) is 23.2 Å². The molecular formula is C12H14Cl2N2O2. The van der Waals surface area contributed by atoms with Crippen LogP contribution in [0.15, 0.2) is 12.1 Å². The van der Waals surface area contributed by atoms with Gasteiger partial charge in [0, 0.05) is 12.6 Å². The van der Waals surface area contributed by atoms with E-state index < -0.39 is 4.92 Å². The first kappa shape index (κ1) is 13.4. The first-order chi connectivity index (χ1) is 8.49. The Morgan fingerprint density at radius 2 is 2.06 bits per heavy atom. The number of hydrogen-bond donors (Lipinski definition) is 1. The maximum absolute atomic E-state index is 10.9. The average molecular weight is 289 g/mol. The fourth-order valence-electron chi connectivity index (χ4n) is 1.93. The summed E-state index contributed by atoms with van der Waals surface area (Å²) >= 11 is 11.7. The van der Waals surface area contributed by atoms with Crippen molar-refractivity contribution in [3.05, 3.63) is 32.3 Å². The molecule has 4 nitrogen and oxygen atoms in total. The molecule has 1 aromatic carbocycles. The molecule has 0 bridgehead atoms. The molecule has 18 heavy (non-hydrogen) atoms. The molecule has 1 N–H and O–H groups in total. The number of rotatable bonds is 5. The van der Waals surface area contributed by atoms with Crippen molar-refractivity contribution in [2.24, 2.45) is 11.8 Å². The van der Waals surface area contributed by atoms with Crippen LogP contribution in [-0.2, 0) is 0 Å². The Hall–Kier alpha value is -1.00. The van der Waals surface area contributed by atoms with Crippen LogP contribution in [0.5, 0.6) is 0 Å². The predicted molar refractivity (Wildman–Crippen MR) is 73.5 cm³/mol. The van der Waals surface area contributed by atoms with Gasteiger partial charge in [0.2, 0.25) is 0 Å². The van der Waals surface area contributed by atoms with Crippen molar-refractivity contribution in [2.75, 3.05) is 11.9 Å². The molecule has 0 spiro atoms. The molecule has 0 amide bonds. The highest BCUT2D eigenvalue weighted by molar-refractivity contribution is 6.42. The topological polar surface area (TPSA) is 55.2 Å². The minimum absolute atomic E-state index is 0.0348. The van der Waals surface area contributed by atoms with Gasteiger partial charge in [0.1, 0.15) is 5.69 Å². The maximum Gasteiger partial charge on any atom is 0.293 e. The van der Waals surface area contributed by atoms with E-state index in [2.05, 4.69) is 12.2 Å². The second kappa shape index (κ2) is 5.33. The zero-order valence-corrected chi connectivity index (χ0v) is 11.5. The normalized spacial score (nSPS) is 16.4. The largest absolute Gasteiger partial charge is 0.379 e. The van der Waals surface area contributed by atoms with E-state index in [1.165, 1.54) is 25.0 Å². The van der Waals surface area contributed by atoms with Crippen LogP contribution < -0.4 is 5.32 Å². The Bertz CT molecular complexity index is 475. The Morgan fingerprint density at radius 3 is 2.61 bits per heavy atom. The molecule has 1 fully saturated rings. The molecule has 1 saturated carbocycles. The van der Waals surface area contributed by atoms with Crippen LogP contribution >= 0.6 is 23.2 Å². The molecule has 1 atom stereocenters. The van der Waals surface area contributed by atoms with Gasteiger partial charge in [-0.2, -0.15) is 0 Å². The lowest BCUT2D eigenvalue weighted by Gasteiger charge is -2.13. The molecule has 98 valence electrons. The zero-order valence-electron chi connectivity index (χ0n) is 9.95. The molecule has 0 saturated heterocycles. The van der Waals surface area contributed by atoms with E-state index in [0.717, 1.165) is 5.92 Å². The lowest BCUT2D eigenvalue weighted by atomic mass is 10.1. The summed E-state index contributed by atoms with van der Waals surface area (Å²) in [4.78, 5) is 10.5. The van der Waals surface area contributed by atoms with E-state index >= 15 is 0 Å². The lowest BCUT2D eigenvalue weighted by Crippen LogP contribution is -2.13. The molecule has 0 heterocycles. The maximum atomic E-state index is 10.9. The third-order valence-corrected chi connectivity index (χ3v) is 4.00. The smallest absolute Gasteiger partial charge is 0.293 e. The summed E-state index contributed by atoms with van der Waals surface area (Å²) in [6, 6.07) is 2.80. The summed E-state index contributed by atoms with van der Waals surface area (Å²) in [7, 11) is 0. The summed E-state index contributed by atoms with van der Waals surface area (Å²) in [6.45, 7) is 2.86. The van der Waals surface area contributed by atoms with Gasteiger partial charge in [-0.05, 0) is 30.7 Å². The van der Waals surface area contributed by atoms with Crippen molar-refractivity contribution in [3.63, 3.8) is 0 Å². The van der Waals surface area contributed by atoms with Crippen molar-refractivity contribution in [3.8, 4) is 0 Å². The summed E-state index contributed by atoms with van der Waals surface area (Å²) in [5.41, 5.74) is 0.397. The van der Waals surface area contributed by atoms with Crippen molar-refractivity contribution < 1.29 is 4.92 Å². The lowest BCUT2D eigenvalue weighted by molar-refractivity contribution is -0.383. The number of anilines is 1. The Balaban J connectivity index is 2.14. The van der Waals surface area contributed by atoms with Gasteiger partial charge in [-0.3, -0.25) is 10.1 Å². The number of halogens is 2. The van der Waals surface area contributed by atoms with Crippen LogP contribution in [0, 0.1) is 22.0 Å². The standard InChI is InChI=1S/C12H14Cl2N2O2/c1-7(8-2-3-8)6-15-11-4-9(13)10(14)5-12(11)16(17)18/h4-5,7-8,15H,2-3,6H2,1H3. The van der Waals surface area contributed by atoms with E-state index in [9.17, 15) is 10.1 Å². The first-order valence-electron chi connectivity index (χ1n) is 5.86. The van der Waals surface area contributed by atoms with Gasteiger partial charge < -0.3 is 5.32 Å². The summed E-state index contributed by atoms with van der Waals surface area (Å²) in [5.74, 6) is 1.26. The van der Waals surface area contributed by atoms with Gasteiger partial charge in [-0.15, -0.1) is 0 Å². The second-order valence-corrected chi connectivity index (χ2v) is 5.55. The molecule has 0 aromatic heterocycles. The van der Waals surface area contributed by atoms with Gasteiger partial charge in [-0.25, -0.2) is 0 Å². The predicted octanol–water partition coefficient (Wildman–Crippen LogP) is 4.36. The average Bonchev–Trinajstić information content (AvgIpc) is 3.13. The summed E-state index contributed by atoms with van der Waals surface area (Å²) in [5, 5.41) is 14.6. The molecule has 1 aromatic rings. The van der Waals surface area contributed by atoms with E-state index in [-0.39, 0.29) is 10.7 Å². The molecule has 1 aliphatic carbocycles. The number of benzene rings is 1. The zero-order chi connectivity index (χ0) is 13.3. The molecule has 1 unspecified atom stereocenters. The van der Waals surface area contributed by atoms with Gasteiger partial charge >= 0.3 is 0 Å². The molecular weight excluding hydrogens is 275 g/mol. The molecule has 6 heteroatoms. The first-order valence-corrected chi connectivity index (χ1v) is 6.62. The number of nitrogens with one attached hydrogen (secondary N) is 1.